The Morgan fingerprint density at radius 3 is 2.63 bits per heavy atom. The van der Waals surface area contributed by atoms with Gasteiger partial charge in [0.05, 0.1) is 18.7 Å². The van der Waals surface area contributed by atoms with E-state index in [1.165, 1.54) is 0 Å². The van der Waals surface area contributed by atoms with E-state index < -0.39 is 6.10 Å². The quantitative estimate of drug-likeness (QED) is 0.667. The lowest BCUT2D eigenvalue weighted by Crippen LogP contribution is -2.36. The molecule has 1 N–H and O–H groups in total. The van der Waals surface area contributed by atoms with Crippen molar-refractivity contribution in [1.82, 2.24) is 15.5 Å². The summed E-state index contributed by atoms with van der Waals surface area (Å²) in [7, 11) is 1.54. The number of rotatable bonds is 7. The Morgan fingerprint density at radius 1 is 1.19 bits per heavy atom. The molecule has 7 nitrogen and oxygen atoms in total. The molecule has 8 heteroatoms. The molecule has 2 aromatic carbocycles. The van der Waals surface area contributed by atoms with Crippen LogP contribution < -0.4 is 14.8 Å². The van der Waals surface area contributed by atoms with Crippen LogP contribution in [0.2, 0.25) is 5.02 Å². The minimum atomic E-state index is -0.729. The van der Waals surface area contributed by atoms with E-state index in [1.54, 1.807) is 44.4 Å². The number of ether oxygens (including phenoxy) is 2. The van der Waals surface area contributed by atoms with E-state index in [0.29, 0.717) is 27.9 Å². The first kappa shape index (κ1) is 18.7. The van der Waals surface area contributed by atoms with Crippen molar-refractivity contribution >= 4 is 17.5 Å². The zero-order valence-electron chi connectivity index (χ0n) is 14.8. The summed E-state index contributed by atoms with van der Waals surface area (Å²) in [5, 5.41) is 7.11. The second-order valence-corrected chi connectivity index (χ2v) is 6.03. The second-order valence-electron chi connectivity index (χ2n) is 5.62. The molecule has 0 radical (unpaired) electrons. The van der Waals surface area contributed by atoms with Crippen LogP contribution >= 0.6 is 11.6 Å². The third kappa shape index (κ3) is 4.57. The molecule has 1 amide bonds. The zero-order valence-corrected chi connectivity index (χ0v) is 15.6. The zero-order chi connectivity index (χ0) is 19.2. The fraction of sp³-hybridized carbons (Fsp3) is 0.211. The molecule has 1 heterocycles. The van der Waals surface area contributed by atoms with Crippen LogP contribution in [0.5, 0.6) is 11.5 Å². The number of hydrogen-bond donors (Lipinski definition) is 1. The average Bonchev–Trinajstić information content (AvgIpc) is 3.15. The molecular weight excluding hydrogens is 370 g/mol. The molecule has 1 atom stereocenters. The van der Waals surface area contributed by atoms with Crippen molar-refractivity contribution in [2.45, 2.75) is 19.6 Å². The summed E-state index contributed by atoms with van der Waals surface area (Å²) in [5.41, 5.74) is 0.661. The van der Waals surface area contributed by atoms with Crippen molar-refractivity contribution in [1.29, 1.82) is 0 Å². The van der Waals surface area contributed by atoms with Crippen molar-refractivity contribution in [3.05, 3.63) is 59.4 Å². The molecule has 0 unspecified atom stereocenters. The Bertz CT molecular complexity index is 929. The smallest absolute Gasteiger partial charge is 0.261 e. The minimum absolute atomic E-state index is 0.0793. The molecular formula is C19H18ClN3O4. The SMILES string of the molecule is COc1ccccc1O[C@@H](C)C(=O)NCc1nc(-c2ccccc2Cl)no1. The number of carbonyl (C=O) groups excluding carboxylic acids is 1. The van der Waals surface area contributed by atoms with Crippen LogP contribution in [-0.4, -0.2) is 29.3 Å². The lowest BCUT2D eigenvalue weighted by Gasteiger charge is -2.16. The van der Waals surface area contributed by atoms with Crippen LogP contribution in [0.4, 0.5) is 0 Å². The van der Waals surface area contributed by atoms with E-state index in [-0.39, 0.29) is 18.3 Å². The van der Waals surface area contributed by atoms with Crippen LogP contribution in [0.15, 0.2) is 53.1 Å². The number of halogens is 1. The molecule has 0 saturated carbocycles. The van der Waals surface area contributed by atoms with Gasteiger partial charge < -0.3 is 19.3 Å². The number of nitrogens with one attached hydrogen (secondary N) is 1. The predicted octanol–water partition coefficient (Wildman–Crippen LogP) is 3.48. The average molecular weight is 388 g/mol. The van der Waals surface area contributed by atoms with Crippen LogP contribution in [0, 0.1) is 0 Å². The number of para-hydroxylation sites is 2. The highest BCUT2D eigenvalue weighted by atomic mass is 35.5. The maximum Gasteiger partial charge on any atom is 0.261 e. The number of nitrogens with zero attached hydrogens (tertiary/aromatic N) is 2. The van der Waals surface area contributed by atoms with Gasteiger partial charge in [-0.05, 0) is 31.2 Å². The molecule has 3 aromatic rings. The molecule has 0 aliphatic rings. The largest absolute Gasteiger partial charge is 0.493 e. The first-order valence-electron chi connectivity index (χ1n) is 8.23. The highest BCUT2D eigenvalue weighted by Gasteiger charge is 2.18. The molecule has 0 fully saturated rings. The molecule has 27 heavy (non-hydrogen) atoms. The lowest BCUT2D eigenvalue weighted by atomic mass is 10.2. The molecule has 0 aliphatic heterocycles. The predicted molar refractivity (Wildman–Crippen MR) is 99.7 cm³/mol. The Kier molecular flexibility index (Phi) is 5.93. The molecule has 3 rings (SSSR count). The summed E-state index contributed by atoms with van der Waals surface area (Å²) in [4.78, 5) is 16.5. The fourth-order valence-electron chi connectivity index (χ4n) is 2.35. The van der Waals surface area contributed by atoms with Crippen LogP contribution in [-0.2, 0) is 11.3 Å². The monoisotopic (exact) mass is 387 g/mol. The summed E-state index contributed by atoms with van der Waals surface area (Å²) in [6, 6.07) is 14.3. The highest BCUT2D eigenvalue weighted by molar-refractivity contribution is 6.33. The molecule has 0 bridgehead atoms. The van der Waals surface area contributed by atoms with Gasteiger partial charge in [0.15, 0.2) is 17.6 Å². The first-order valence-corrected chi connectivity index (χ1v) is 8.61. The normalized spacial score (nSPS) is 11.7. The number of aromatic nitrogens is 2. The third-order valence-corrected chi connectivity index (χ3v) is 4.07. The summed E-state index contributed by atoms with van der Waals surface area (Å²) >= 11 is 6.12. The molecule has 1 aromatic heterocycles. The van der Waals surface area contributed by atoms with Crippen molar-refractivity contribution in [3.8, 4) is 22.9 Å². The topological polar surface area (TPSA) is 86.5 Å². The fourth-order valence-corrected chi connectivity index (χ4v) is 2.57. The maximum atomic E-state index is 12.3. The Morgan fingerprint density at radius 2 is 1.89 bits per heavy atom. The van der Waals surface area contributed by atoms with Gasteiger partial charge >= 0.3 is 0 Å². The molecule has 0 saturated heterocycles. The number of carbonyl (C=O) groups is 1. The van der Waals surface area contributed by atoms with Crippen molar-refractivity contribution in [3.63, 3.8) is 0 Å². The van der Waals surface area contributed by atoms with Crippen molar-refractivity contribution < 1.29 is 18.8 Å². The second kappa shape index (κ2) is 8.55. The van der Waals surface area contributed by atoms with Gasteiger partial charge in [-0.2, -0.15) is 4.98 Å². The van der Waals surface area contributed by atoms with E-state index in [9.17, 15) is 4.79 Å². The van der Waals surface area contributed by atoms with Gasteiger partial charge in [0.2, 0.25) is 11.7 Å². The van der Waals surface area contributed by atoms with Crippen LogP contribution in [0.25, 0.3) is 11.4 Å². The Hall–Kier alpha value is -3.06. The Labute approximate surface area is 161 Å². The summed E-state index contributed by atoms with van der Waals surface area (Å²) in [6.45, 7) is 1.72. The van der Waals surface area contributed by atoms with Gasteiger partial charge in [-0.25, -0.2) is 0 Å². The number of amides is 1. The number of methoxy groups -OCH3 is 1. The molecule has 140 valence electrons. The Balaban J connectivity index is 1.58. The minimum Gasteiger partial charge on any atom is -0.493 e. The number of benzene rings is 2. The molecule has 0 spiro atoms. The van der Waals surface area contributed by atoms with Gasteiger partial charge in [-0.1, -0.05) is 41.0 Å². The highest BCUT2D eigenvalue weighted by Crippen LogP contribution is 2.27. The van der Waals surface area contributed by atoms with E-state index in [4.69, 9.17) is 25.6 Å². The van der Waals surface area contributed by atoms with Crippen molar-refractivity contribution in [2.75, 3.05) is 7.11 Å². The summed E-state index contributed by atoms with van der Waals surface area (Å²) < 4.78 is 16.0. The van der Waals surface area contributed by atoms with E-state index >= 15 is 0 Å². The first-order chi connectivity index (χ1) is 13.1. The summed E-state index contributed by atoms with van der Waals surface area (Å²) in [6.07, 6.45) is -0.729. The van der Waals surface area contributed by atoms with Gasteiger partial charge in [0.1, 0.15) is 0 Å². The van der Waals surface area contributed by atoms with Crippen molar-refractivity contribution in [2.24, 2.45) is 0 Å². The lowest BCUT2D eigenvalue weighted by molar-refractivity contribution is -0.127. The van der Waals surface area contributed by atoms with E-state index in [0.717, 1.165) is 0 Å². The molecule has 0 aliphatic carbocycles. The van der Waals surface area contributed by atoms with Gasteiger partial charge in [-0.15, -0.1) is 0 Å². The number of hydrogen-bond acceptors (Lipinski definition) is 6. The van der Waals surface area contributed by atoms with Gasteiger partial charge in [-0.3, -0.25) is 4.79 Å². The van der Waals surface area contributed by atoms with E-state index in [2.05, 4.69) is 15.5 Å². The summed E-state index contributed by atoms with van der Waals surface area (Å²) in [5.74, 6) is 1.35. The van der Waals surface area contributed by atoms with Gasteiger partial charge in [0.25, 0.3) is 5.91 Å². The van der Waals surface area contributed by atoms with E-state index in [1.807, 2.05) is 18.2 Å². The maximum absolute atomic E-state index is 12.3. The van der Waals surface area contributed by atoms with Crippen LogP contribution in [0.1, 0.15) is 12.8 Å². The third-order valence-electron chi connectivity index (χ3n) is 3.74. The van der Waals surface area contributed by atoms with Gasteiger partial charge in [0, 0.05) is 5.56 Å². The standard InChI is InChI=1S/C19H18ClN3O4/c1-12(26-16-10-6-5-9-15(16)25-2)19(24)21-11-17-22-18(23-27-17)13-7-3-4-8-14(13)20/h3-10,12H,11H2,1-2H3,(H,21,24)/t12-/m0/s1. The van der Waals surface area contributed by atoms with Crippen LogP contribution in [0.3, 0.4) is 0 Å².